The number of carboxylic acid groups (broad SMARTS) is 2. The van der Waals surface area contributed by atoms with E-state index >= 15 is 0 Å². The lowest BCUT2D eigenvalue weighted by atomic mass is 9.86. The zero-order valence-electron chi connectivity index (χ0n) is 9.95. The van der Waals surface area contributed by atoms with Gasteiger partial charge in [-0.1, -0.05) is 32.1 Å². The fourth-order valence-electron chi connectivity index (χ4n) is 2.02. The third-order valence-electron chi connectivity index (χ3n) is 2.73. The van der Waals surface area contributed by atoms with E-state index in [4.69, 9.17) is 15.0 Å². The van der Waals surface area contributed by atoms with E-state index in [1.165, 1.54) is 32.1 Å². The van der Waals surface area contributed by atoms with E-state index in [9.17, 15) is 4.79 Å². The van der Waals surface area contributed by atoms with E-state index in [2.05, 4.69) is 0 Å². The Kier molecular flexibility index (Phi) is 8.58. The van der Waals surface area contributed by atoms with E-state index in [0.29, 0.717) is 6.42 Å². The van der Waals surface area contributed by atoms with E-state index in [-0.39, 0.29) is 0 Å². The quantitative estimate of drug-likeness (QED) is 0.778. The van der Waals surface area contributed by atoms with Crippen LogP contribution in [-0.2, 0) is 9.59 Å². The Balaban J connectivity index is 0.000000487. The largest absolute Gasteiger partial charge is 0.481 e. The van der Waals surface area contributed by atoms with Gasteiger partial charge in [0.15, 0.2) is 0 Å². The Morgan fingerprint density at radius 3 is 2.06 bits per heavy atom. The van der Waals surface area contributed by atoms with Gasteiger partial charge in [0.05, 0.1) is 0 Å². The van der Waals surface area contributed by atoms with Gasteiger partial charge >= 0.3 is 5.97 Å². The van der Waals surface area contributed by atoms with Crippen LogP contribution in [0, 0.1) is 5.92 Å². The van der Waals surface area contributed by atoms with E-state index in [1.54, 1.807) is 0 Å². The van der Waals surface area contributed by atoms with Gasteiger partial charge in [-0.3, -0.25) is 9.59 Å². The molecule has 16 heavy (non-hydrogen) atoms. The van der Waals surface area contributed by atoms with Crippen LogP contribution >= 0.6 is 0 Å². The summed E-state index contributed by atoms with van der Waals surface area (Å²) in [6.07, 6.45) is 9.13. The third kappa shape index (κ3) is 11.0. The molecule has 0 spiro atoms. The normalized spacial score (nSPS) is 16.1. The highest BCUT2D eigenvalue weighted by atomic mass is 16.4. The van der Waals surface area contributed by atoms with Gasteiger partial charge in [0, 0.05) is 13.3 Å². The second-order valence-corrected chi connectivity index (χ2v) is 4.31. The Morgan fingerprint density at radius 1 is 1.12 bits per heavy atom. The number of carbonyl (C=O) groups is 2. The second-order valence-electron chi connectivity index (χ2n) is 4.31. The van der Waals surface area contributed by atoms with E-state index < -0.39 is 11.9 Å². The molecule has 1 aliphatic carbocycles. The molecular weight excluding hydrogens is 208 g/mol. The van der Waals surface area contributed by atoms with Gasteiger partial charge in [0.25, 0.3) is 5.97 Å². The van der Waals surface area contributed by atoms with Crippen LogP contribution in [0.25, 0.3) is 0 Å². The molecule has 2 N–H and O–H groups in total. The summed E-state index contributed by atoms with van der Waals surface area (Å²) in [4.78, 5) is 19.2. The summed E-state index contributed by atoms with van der Waals surface area (Å²) < 4.78 is 0. The average molecular weight is 230 g/mol. The molecule has 0 bridgehead atoms. The molecule has 0 aromatic carbocycles. The molecule has 1 rings (SSSR count). The van der Waals surface area contributed by atoms with Crippen molar-refractivity contribution in [1.82, 2.24) is 0 Å². The Bertz CT molecular complexity index is 203. The molecule has 0 atom stereocenters. The van der Waals surface area contributed by atoms with Crippen molar-refractivity contribution in [2.24, 2.45) is 5.92 Å². The van der Waals surface area contributed by atoms with Crippen LogP contribution in [0.5, 0.6) is 0 Å². The summed E-state index contributed by atoms with van der Waals surface area (Å²) >= 11 is 0. The zero-order valence-corrected chi connectivity index (χ0v) is 9.95. The lowest BCUT2D eigenvalue weighted by Crippen LogP contribution is -2.06. The third-order valence-corrected chi connectivity index (χ3v) is 2.73. The van der Waals surface area contributed by atoms with Crippen LogP contribution in [-0.4, -0.2) is 22.2 Å². The molecule has 0 radical (unpaired) electrons. The van der Waals surface area contributed by atoms with Crippen LogP contribution in [0.15, 0.2) is 0 Å². The summed E-state index contributed by atoms with van der Waals surface area (Å²) in [6.45, 7) is 1.08. The first-order valence-electron chi connectivity index (χ1n) is 5.93. The Morgan fingerprint density at radius 2 is 1.62 bits per heavy atom. The number of aliphatic carboxylic acids is 2. The van der Waals surface area contributed by atoms with Crippen LogP contribution < -0.4 is 0 Å². The first kappa shape index (κ1) is 14.9. The molecule has 1 saturated carbocycles. The minimum Gasteiger partial charge on any atom is -0.481 e. The highest BCUT2D eigenvalue weighted by Crippen LogP contribution is 2.27. The molecule has 0 saturated heterocycles. The van der Waals surface area contributed by atoms with Crippen molar-refractivity contribution in [2.45, 2.75) is 58.3 Å². The van der Waals surface area contributed by atoms with Crippen molar-refractivity contribution in [2.75, 3.05) is 0 Å². The van der Waals surface area contributed by atoms with Crippen molar-refractivity contribution < 1.29 is 19.8 Å². The summed E-state index contributed by atoms with van der Waals surface area (Å²) in [5, 5.41) is 15.9. The molecule has 0 aromatic heterocycles. The first-order chi connectivity index (χ1) is 7.52. The van der Waals surface area contributed by atoms with Crippen LogP contribution in [0.2, 0.25) is 0 Å². The van der Waals surface area contributed by atoms with Gasteiger partial charge in [-0.2, -0.15) is 0 Å². The standard InChI is InChI=1S/C10H18O2.C2H4O2/c11-10(12)8-4-7-9-5-2-1-3-6-9;1-2(3)4/h9H,1-8H2,(H,11,12);1H3,(H,3,4). The molecule has 94 valence electrons. The summed E-state index contributed by atoms with van der Waals surface area (Å²) in [5.41, 5.74) is 0. The molecule has 0 aliphatic heterocycles. The van der Waals surface area contributed by atoms with E-state index in [1.807, 2.05) is 0 Å². The van der Waals surface area contributed by atoms with Gasteiger partial charge < -0.3 is 10.2 Å². The number of rotatable bonds is 4. The molecule has 4 nitrogen and oxygen atoms in total. The topological polar surface area (TPSA) is 74.6 Å². The molecule has 4 heteroatoms. The summed E-state index contributed by atoms with van der Waals surface area (Å²) in [7, 11) is 0. The lowest BCUT2D eigenvalue weighted by Gasteiger charge is -2.20. The van der Waals surface area contributed by atoms with Crippen molar-refractivity contribution in [3.63, 3.8) is 0 Å². The van der Waals surface area contributed by atoms with Crippen molar-refractivity contribution in [3.8, 4) is 0 Å². The molecule has 1 fully saturated rings. The minimum absolute atomic E-state index is 0.358. The van der Waals surface area contributed by atoms with Crippen LogP contribution in [0.3, 0.4) is 0 Å². The van der Waals surface area contributed by atoms with Gasteiger partial charge in [-0.15, -0.1) is 0 Å². The SMILES string of the molecule is CC(=O)O.O=C(O)CCCC1CCCCC1. The second kappa shape index (κ2) is 9.19. The molecule has 0 unspecified atom stereocenters. The molecule has 0 amide bonds. The molecule has 0 heterocycles. The van der Waals surface area contributed by atoms with E-state index in [0.717, 1.165) is 25.7 Å². The predicted molar refractivity (Wildman–Crippen MR) is 61.4 cm³/mol. The summed E-state index contributed by atoms with van der Waals surface area (Å²) in [5.74, 6) is -0.649. The fraction of sp³-hybridized carbons (Fsp3) is 0.833. The zero-order chi connectivity index (χ0) is 12.4. The molecule has 0 aromatic rings. The highest BCUT2D eigenvalue weighted by molar-refractivity contribution is 5.66. The molecular formula is C12H22O4. The lowest BCUT2D eigenvalue weighted by molar-refractivity contribution is -0.137. The monoisotopic (exact) mass is 230 g/mol. The van der Waals surface area contributed by atoms with Gasteiger partial charge in [0.1, 0.15) is 0 Å². The van der Waals surface area contributed by atoms with Crippen molar-refractivity contribution in [1.29, 1.82) is 0 Å². The fourth-order valence-corrected chi connectivity index (χ4v) is 2.02. The first-order valence-corrected chi connectivity index (χ1v) is 5.93. The highest BCUT2D eigenvalue weighted by Gasteiger charge is 2.12. The average Bonchev–Trinajstić information content (AvgIpc) is 2.18. The predicted octanol–water partition coefficient (Wildman–Crippen LogP) is 2.91. The maximum atomic E-state index is 10.2. The Labute approximate surface area is 96.7 Å². The number of hydrogen-bond acceptors (Lipinski definition) is 2. The van der Waals surface area contributed by atoms with Gasteiger partial charge in [-0.25, -0.2) is 0 Å². The van der Waals surface area contributed by atoms with Crippen LogP contribution in [0.1, 0.15) is 58.3 Å². The summed E-state index contributed by atoms with van der Waals surface area (Å²) in [6, 6.07) is 0. The van der Waals surface area contributed by atoms with Crippen molar-refractivity contribution in [3.05, 3.63) is 0 Å². The maximum absolute atomic E-state index is 10.2. The minimum atomic E-state index is -0.833. The Hall–Kier alpha value is -1.06. The number of hydrogen-bond donors (Lipinski definition) is 2. The number of carboxylic acids is 2. The maximum Gasteiger partial charge on any atom is 0.303 e. The van der Waals surface area contributed by atoms with Crippen LogP contribution in [0.4, 0.5) is 0 Å². The van der Waals surface area contributed by atoms with Gasteiger partial charge in [-0.05, 0) is 18.8 Å². The van der Waals surface area contributed by atoms with Gasteiger partial charge in [0.2, 0.25) is 0 Å². The van der Waals surface area contributed by atoms with Crippen molar-refractivity contribution >= 4 is 11.9 Å². The smallest absolute Gasteiger partial charge is 0.303 e. The molecule has 1 aliphatic rings.